The van der Waals surface area contributed by atoms with E-state index in [0.29, 0.717) is 5.69 Å². The van der Waals surface area contributed by atoms with Gasteiger partial charge >= 0.3 is 5.97 Å². The van der Waals surface area contributed by atoms with E-state index in [-0.39, 0.29) is 12.1 Å². The number of ether oxygens (including phenoxy) is 1. The molecule has 0 fully saturated rings. The van der Waals surface area contributed by atoms with Crippen LogP contribution in [-0.2, 0) is 17.6 Å². The minimum Gasteiger partial charge on any atom is -0.458 e. The maximum absolute atomic E-state index is 11.8. The summed E-state index contributed by atoms with van der Waals surface area (Å²) in [5.74, 6) is -0.360. The maximum atomic E-state index is 11.8. The van der Waals surface area contributed by atoms with E-state index in [1.54, 1.807) is 6.07 Å². The Kier molecular flexibility index (Phi) is 4.88. The summed E-state index contributed by atoms with van der Waals surface area (Å²) in [5, 5.41) is 0. The van der Waals surface area contributed by atoms with E-state index in [2.05, 4.69) is 17.1 Å². The van der Waals surface area contributed by atoms with Crippen LogP contribution in [0.1, 0.15) is 35.6 Å². The van der Waals surface area contributed by atoms with Crippen LogP contribution in [0.15, 0.2) is 48.5 Å². The SMILES string of the molecule is CC(C)OC(=O)c1cccc(CCc2ccccc2)n1. The molecule has 3 heteroatoms. The molecule has 2 rings (SSSR count). The van der Waals surface area contributed by atoms with Crippen molar-refractivity contribution in [2.75, 3.05) is 0 Å². The molecule has 1 heterocycles. The fourth-order valence-corrected chi connectivity index (χ4v) is 1.92. The Hall–Kier alpha value is -2.16. The molecule has 0 bridgehead atoms. The second-order valence-corrected chi connectivity index (χ2v) is 4.95. The molecule has 0 unspecified atom stereocenters. The van der Waals surface area contributed by atoms with Gasteiger partial charge in [0.25, 0.3) is 0 Å². The number of aromatic nitrogens is 1. The van der Waals surface area contributed by atoms with Gasteiger partial charge in [-0.2, -0.15) is 0 Å². The first-order chi connectivity index (χ1) is 9.65. The van der Waals surface area contributed by atoms with Crippen molar-refractivity contribution in [2.45, 2.75) is 32.8 Å². The smallest absolute Gasteiger partial charge is 0.357 e. The summed E-state index contributed by atoms with van der Waals surface area (Å²) in [6.45, 7) is 3.66. The number of rotatable bonds is 5. The van der Waals surface area contributed by atoms with Gasteiger partial charge in [0.2, 0.25) is 0 Å². The summed E-state index contributed by atoms with van der Waals surface area (Å²) in [7, 11) is 0. The van der Waals surface area contributed by atoms with E-state index in [9.17, 15) is 4.79 Å². The molecule has 0 amide bonds. The van der Waals surface area contributed by atoms with Crippen LogP contribution < -0.4 is 0 Å². The fraction of sp³-hybridized carbons (Fsp3) is 0.294. The van der Waals surface area contributed by atoms with Gasteiger partial charge in [-0.1, -0.05) is 36.4 Å². The van der Waals surface area contributed by atoms with E-state index in [1.165, 1.54) is 5.56 Å². The van der Waals surface area contributed by atoms with Gasteiger partial charge in [-0.05, 0) is 44.4 Å². The predicted molar refractivity (Wildman–Crippen MR) is 78.6 cm³/mol. The standard InChI is InChI=1S/C17H19NO2/c1-13(2)20-17(19)16-10-6-9-15(18-16)12-11-14-7-4-3-5-8-14/h3-10,13H,11-12H2,1-2H3. The quantitative estimate of drug-likeness (QED) is 0.781. The number of benzene rings is 1. The molecule has 0 saturated carbocycles. The number of esters is 1. The lowest BCUT2D eigenvalue weighted by atomic mass is 10.1. The Bertz CT molecular complexity index is 564. The number of nitrogens with zero attached hydrogens (tertiary/aromatic N) is 1. The second-order valence-electron chi connectivity index (χ2n) is 4.95. The first-order valence-corrected chi connectivity index (χ1v) is 6.86. The van der Waals surface area contributed by atoms with Crippen LogP contribution in [0.25, 0.3) is 0 Å². The third kappa shape index (κ3) is 4.19. The highest BCUT2D eigenvalue weighted by molar-refractivity contribution is 5.87. The highest BCUT2D eigenvalue weighted by atomic mass is 16.5. The van der Waals surface area contributed by atoms with Crippen molar-refractivity contribution < 1.29 is 9.53 Å². The van der Waals surface area contributed by atoms with Crippen LogP contribution in [0.4, 0.5) is 0 Å². The summed E-state index contributed by atoms with van der Waals surface area (Å²) >= 11 is 0. The van der Waals surface area contributed by atoms with Gasteiger partial charge in [-0.15, -0.1) is 0 Å². The number of aryl methyl sites for hydroxylation is 2. The Morgan fingerprint density at radius 1 is 1.05 bits per heavy atom. The topological polar surface area (TPSA) is 39.2 Å². The first-order valence-electron chi connectivity index (χ1n) is 6.86. The lowest BCUT2D eigenvalue weighted by molar-refractivity contribution is 0.0370. The molecular weight excluding hydrogens is 250 g/mol. The van der Waals surface area contributed by atoms with Crippen molar-refractivity contribution in [2.24, 2.45) is 0 Å². The maximum Gasteiger partial charge on any atom is 0.357 e. The van der Waals surface area contributed by atoms with Crippen molar-refractivity contribution in [1.29, 1.82) is 0 Å². The zero-order valence-corrected chi connectivity index (χ0v) is 11.9. The van der Waals surface area contributed by atoms with E-state index in [0.717, 1.165) is 18.5 Å². The average molecular weight is 269 g/mol. The van der Waals surface area contributed by atoms with Crippen LogP contribution in [0.2, 0.25) is 0 Å². The van der Waals surface area contributed by atoms with E-state index in [1.807, 2.05) is 44.2 Å². The van der Waals surface area contributed by atoms with Crippen LogP contribution in [0.3, 0.4) is 0 Å². The van der Waals surface area contributed by atoms with Crippen LogP contribution >= 0.6 is 0 Å². The number of carbonyl (C=O) groups is 1. The molecule has 104 valence electrons. The average Bonchev–Trinajstić information content (AvgIpc) is 2.46. The highest BCUT2D eigenvalue weighted by Gasteiger charge is 2.11. The number of hydrogen-bond acceptors (Lipinski definition) is 3. The number of pyridine rings is 1. The van der Waals surface area contributed by atoms with E-state index in [4.69, 9.17) is 4.74 Å². The Balaban J connectivity index is 2.01. The molecule has 0 saturated heterocycles. The zero-order chi connectivity index (χ0) is 14.4. The van der Waals surface area contributed by atoms with Crippen LogP contribution in [-0.4, -0.2) is 17.1 Å². The lowest BCUT2D eigenvalue weighted by Crippen LogP contribution is -2.13. The van der Waals surface area contributed by atoms with Gasteiger partial charge < -0.3 is 4.74 Å². The van der Waals surface area contributed by atoms with Crippen molar-refractivity contribution >= 4 is 5.97 Å². The molecule has 3 nitrogen and oxygen atoms in total. The molecule has 0 aliphatic carbocycles. The van der Waals surface area contributed by atoms with Gasteiger partial charge in [0.05, 0.1) is 6.10 Å². The molecule has 0 N–H and O–H groups in total. The normalized spacial score (nSPS) is 10.6. The minimum atomic E-state index is -0.360. The lowest BCUT2D eigenvalue weighted by Gasteiger charge is -2.08. The number of carbonyl (C=O) groups excluding carboxylic acids is 1. The van der Waals surface area contributed by atoms with Crippen molar-refractivity contribution in [1.82, 2.24) is 4.98 Å². The largest absolute Gasteiger partial charge is 0.458 e. The van der Waals surface area contributed by atoms with Crippen LogP contribution in [0.5, 0.6) is 0 Å². The fourth-order valence-electron chi connectivity index (χ4n) is 1.92. The van der Waals surface area contributed by atoms with Crippen molar-refractivity contribution in [3.05, 3.63) is 65.5 Å². The molecule has 0 radical (unpaired) electrons. The predicted octanol–water partition coefficient (Wildman–Crippen LogP) is 3.43. The van der Waals surface area contributed by atoms with Gasteiger partial charge in [0.15, 0.2) is 0 Å². The van der Waals surface area contributed by atoms with Gasteiger partial charge in [0, 0.05) is 5.69 Å². The molecule has 0 atom stereocenters. The van der Waals surface area contributed by atoms with E-state index >= 15 is 0 Å². The summed E-state index contributed by atoms with van der Waals surface area (Å²) in [6.07, 6.45) is 1.60. The number of hydrogen-bond donors (Lipinski definition) is 0. The van der Waals surface area contributed by atoms with Crippen molar-refractivity contribution in [3.8, 4) is 0 Å². The summed E-state index contributed by atoms with van der Waals surface area (Å²) < 4.78 is 5.15. The third-order valence-electron chi connectivity index (χ3n) is 2.87. The first kappa shape index (κ1) is 14.3. The minimum absolute atomic E-state index is 0.128. The molecular formula is C17H19NO2. The monoisotopic (exact) mass is 269 g/mol. The molecule has 20 heavy (non-hydrogen) atoms. The zero-order valence-electron chi connectivity index (χ0n) is 11.9. The second kappa shape index (κ2) is 6.85. The van der Waals surface area contributed by atoms with Gasteiger partial charge in [-0.25, -0.2) is 9.78 Å². The third-order valence-corrected chi connectivity index (χ3v) is 2.87. The Labute approximate surface area is 119 Å². The summed E-state index contributed by atoms with van der Waals surface area (Å²) in [6, 6.07) is 15.7. The van der Waals surface area contributed by atoms with Crippen molar-refractivity contribution in [3.63, 3.8) is 0 Å². The summed E-state index contributed by atoms with van der Waals surface area (Å²) in [5.41, 5.74) is 2.56. The van der Waals surface area contributed by atoms with Crippen LogP contribution in [0, 0.1) is 0 Å². The van der Waals surface area contributed by atoms with Gasteiger partial charge in [-0.3, -0.25) is 0 Å². The molecule has 0 aliphatic rings. The molecule has 1 aromatic heterocycles. The van der Waals surface area contributed by atoms with E-state index < -0.39 is 0 Å². The molecule has 0 spiro atoms. The highest BCUT2D eigenvalue weighted by Crippen LogP contribution is 2.08. The van der Waals surface area contributed by atoms with Gasteiger partial charge in [0.1, 0.15) is 5.69 Å². The molecule has 2 aromatic rings. The molecule has 0 aliphatic heterocycles. The molecule has 1 aromatic carbocycles. The Morgan fingerprint density at radius 2 is 1.80 bits per heavy atom. The summed E-state index contributed by atoms with van der Waals surface area (Å²) in [4.78, 5) is 16.2. The Morgan fingerprint density at radius 3 is 2.50 bits per heavy atom.